The summed E-state index contributed by atoms with van der Waals surface area (Å²) in [4.78, 5) is 16.0. The second-order valence-corrected chi connectivity index (χ2v) is 9.90. The Morgan fingerprint density at radius 3 is 2.38 bits per heavy atom. The van der Waals surface area contributed by atoms with Crippen LogP contribution in [0.3, 0.4) is 0 Å². The number of aryl methyl sites for hydroxylation is 1. The summed E-state index contributed by atoms with van der Waals surface area (Å²) in [6.07, 6.45) is 1.35. The van der Waals surface area contributed by atoms with Gasteiger partial charge >= 0.3 is 5.56 Å². The normalized spacial score (nSPS) is 14.3. The first-order valence-electron chi connectivity index (χ1n) is 10.6. The number of rotatable bonds is 8. The summed E-state index contributed by atoms with van der Waals surface area (Å²) in [6, 6.07) is 19.2. The highest BCUT2D eigenvalue weighted by Gasteiger charge is 2.17. The van der Waals surface area contributed by atoms with Gasteiger partial charge in [0, 0.05) is 48.8 Å². The summed E-state index contributed by atoms with van der Waals surface area (Å²) in [5, 5.41) is 9.86. The lowest BCUT2D eigenvalue weighted by molar-refractivity contribution is 0.175. The van der Waals surface area contributed by atoms with E-state index in [4.69, 9.17) is 4.74 Å². The van der Waals surface area contributed by atoms with Crippen molar-refractivity contribution in [1.82, 2.24) is 9.63 Å². The van der Waals surface area contributed by atoms with Crippen LogP contribution in [0.15, 0.2) is 76.6 Å². The predicted molar refractivity (Wildman–Crippen MR) is 133 cm³/mol. The molecule has 0 spiro atoms. The molecule has 1 saturated heterocycles. The first kappa shape index (κ1) is 22.6. The predicted octanol–water partition coefficient (Wildman–Crippen LogP) is 4.75. The zero-order chi connectivity index (χ0) is 22.3. The van der Waals surface area contributed by atoms with Crippen LogP contribution in [0.4, 0.5) is 5.69 Å². The van der Waals surface area contributed by atoms with E-state index in [0.29, 0.717) is 17.0 Å². The highest BCUT2D eigenvalue weighted by molar-refractivity contribution is 8.00. The Labute approximate surface area is 196 Å². The van der Waals surface area contributed by atoms with Crippen LogP contribution in [0.25, 0.3) is 0 Å². The number of ether oxygens (including phenoxy) is 1. The Kier molecular flexibility index (Phi) is 7.68. The molecule has 1 aromatic heterocycles. The van der Waals surface area contributed by atoms with Crippen LogP contribution in [0.5, 0.6) is 11.5 Å². The molecule has 4 rings (SSSR count). The number of thioether (sulfide) groups is 1. The van der Waals surface area contributed by atoms with Crippen LogP contribution in [0, 0.1) is 6.92 Å². The molecule has 2 aromatic carbocycles. The SMILES string of the molecule is Cc1ccc(Oc2ccc(SN(CCN3CCSCC3)c3cccn(O)c3=O)cc2)cc1. The Balaban J connectivity index is 1.47. The standard InChI is InChI=1S/C24H27N3O3S2/c1-19-4-6-20(7-5-19)30-21-8-10-22(11-9-21)32-27(14-13-25-15-17-31-18-16-25)23-3-2-12-26(29)24(23)28/h2-12,29H,13-18H2,1H3. The summed E-state index contributed by atoms with van der Waals surface area (Å²) in [5.74, 6) is 3.84. The summed E-state index contributed by atoms with van der Waals surface area (Å²) in [6.45, 7) is 5.71. The van der Waals surface area contributed by atoms with Gasteiger partial charge in [-0.15, -0.1) is 0 Å². The van der Waals surface area contributed by atoms with Crippen molar-refractivity contribution in [2.24, 2.45) is 0 Å². The van der Waals surface area contributed by atoms with E-state index in [1.165, 1.54) is 23.7 Å². The van der Waals surface area contributed by atoms with E-state index in [-0.39, 0.29) is 0 Å². The minimum Gasteiger partial charge on any atom is -0.457 e. The van der Waals surface area contributed by atoms with Gasteiger partial charge in [-0.05, 0) is 67.4 Å². The molecule has 168 valence electrons. The number of pyridine rings is 1. The van der Waals surface area contributed by atoms with Gasteiger partial charge in [0.1, 0.15) is 17.2 Å². The Morgan fingerprint density at radius 1 is 1.03 bits per heavy atom. The van der Waals surface area contributed by atoms with Crippen molar-refractivity contribution in [3.05, 3.63) is 82.8 Å². The van der Waals surface area contributed by atoms with E-state index < -0.39 is 5.56 Å². The molecule has 1 fully saturated rings. The third-order valence-corrected chi connectivity index (χ3v) is 7.22. The Hall–Kier alpha value is -2.55. The largest absolute Gasteiger partial charge is 0.457 e. The number of anilines is 1. The topological polar surface area (TPSA) is 57.9 Å². The van der Waals surface area contributed by atoms with E-state index >= 15 is 0 Å². The fourth-order valence-corrected chi connectivity index (χ4v) is 5.27. The van der Waals surface area contributed by atoms with Crippen LogP contribution in [-0.4, -0.2) is 52.5 Å². The monoisotopic (exact) mass is 469 g/mol. The molecule has 1 N–H and O–H groups in total. The quantitative estimate of drug-likeness (QED) is 0.377. The lowest BCUT2D eigenvalue weighted by Gasteiger charge is -2.30. The van der Waals surface area contributed by atoms with Crippen molar-refractivity contribution in [2.75, 3.05) is 42.0 Å². The summed E-state index contributed by atoms with van der Waals surface area (Å²) >= 11 is 3.47. The van der Waals surface area contributed by atoms with Gasteiger partial charge in [0.05, 0.1) is 0 Å². The molecular weight excluding hydrogens is 442 g/mol. The molecule has 2 heterocycles. The average molecular weight is 470 g/mol. The number of hydrogen-bond donors (Lipinski definition) is 1. The molecule has 0 amide bonds. The second-order valence-electron chi connectivity index (χ2n) is 7.58. The van der Waals surface area contributed by atoms with Crippen LogP contribution < -0.4 is 14.6 Å². The average Bonchev–Trinajstić information content (AvgIpc) is 2.82. The maximum Gasteiger partial charge on any atom is 0.307 e. The molecule has 0 unspecified atom stereocenters. The molecule has 0 saturated carbocycles. The molecule has 1 aliphatic heterocycles. The van der Waals surface area contributed by atoms with Crippen molar-refractivity contribution in [2.45, 2.75) is 11.8 Å². The maximum absolute atomic E-state index is 12.6. The van der Waals surface area contributed by atoms with Crippen LogP contribution in [-0.2, 0) is 0 Å². The molecule has 0 aliphatic carbocycles. The smallest absolute Gasteiger partial charge is 0.307 e. The molecule has 0 bridgehead atoms. The number of benzene rings is 2. The molecule has 0 atom stereocenters. The Bertz CT molecular complexity index is 1070. The Morgan fingerprint density at radius 2 is 1.69 bits per heavy atom. The molecule has 1 aliphatic rings. The summed E-state index contributed by atoms with van der Waals surface area (Å²) < 4.78 is 8.52. The molecule has 6 nitrogen and oxygen atoms in total. The van der Waals surface area contributed by atoms with E-state index in [2.05, 4.69) is 4.90 Å². The highest BCUT2D eigenvalue weighted by Crippen LogP contribution is 2.30. The first-order chi connectivity index (χ1) is 15.6. The zero-order valence-corrected chi connectivity index (χ0v) is 19.6. The van der Waals surface area contributed by atoms with E-state index in [9.17, 15) is 10.0 Å². The number of hydrogen-bond acceptors (Lipinski definition) is 7. The summed E-state index contributed by atoms with van der Waals surface area (Å²) in [7, 11) is 0. The number of aromatic nitrogens is 1. The first-order valence-corrected chi connectivity index (χ1v) is 12.5. The van der Waals surface area contributed by atoms with Gasteiger partial charge < -0.3 is 14.2 Å². The van der Waals surface area contributed by atoms with Crippen LogP contribution in [0.2, 0.25) is 0 Å². The van der Waals surface area contributed by atoms with Crippen molar-refractivity contribution in [3.8, 4) is 11.5 Å². The van der Waals surface area contributed by atoms with Gasteiger partial charge in [0.2, 0.25) is 0 Å². The maximum atomic E-state index is 12.6. The van der Waals surface area contributed by atoms with Crippen molar-refractivity contribution < 1.29 is 9.94 Å². The zero-order valence-electron chi connectivity index (χ0n) is 18.0. The van der Waals surface area contributed by atoms with Crippen molar-refractivity contribution in [1.29, 1.82) is 0 Å². The minimum absolute atomic E-state index is 0.423. The van der Waals surface area contributed by atoms with Gasteiger partial charge in [0.15, 0.2) is 0 Å². The van der Waals surface area contributed by atoms with Gasteiger partial charge in [0.25, 0.3) is 0 Å². The molecule has 32 heavy (non-hydrogen) atoms. The van der Waals surface area contributed by atoms with Gasteiger partial charge in [-0.3, -0.25) is 9.69 Å². The van der Waals surface area contributed by atoms with E-state index in [1.807, 2.05) is 71.5 Å². The third-order valence-electron chi connectivity index (χ3n) is 5.20. The van der Waals surface area contributed by atoms with Crippen molar-refractivity contribution >= 4 is 29.4 Å². The second kappa shape index (κ2) is 10.8. The fourth-order valence-electron chi connectivity index (χ4n) is 3.37. The third kappa shape index (κ3) is 6.03. The molecule has 8 heteroatoms. The molecular formula is C24H27N3O3S2. The molecule has 0 radical (unpaired) electrons. The summed E-state index contributed by atoms with van der Waals surface area (Å²) in [5.41, 5.74) is 1.23. The highest BCUT2D eigenvalue weighted by atomic mass is 32.2. The van der Waals surface area contributed by atoms with Gasteiger partial charge in [-0.25, -0.2) is 0 Å². The lowest BCUT2D eigenvalue weighted by Crippen LogP contribution is -2.39. The molecule has 3 aromatic rings. The van der Waals surface area contributed by atoms with Crippen molar-refractivity contribution in [3.63, 3.8) is 0 Å². The van der Waals surface area contributed by atoms with Crippen LogP contribution in [0.1, 0.15) is 5.56 Å². The van der Waals surface area contributed by atoms with E-state index in [0.717, 1.165) is 47.5 Å². The van der Waals surface area contributed by atoms with E-state index in [1.54, 1.807) is 12.1 Å². The lowest BCUT2D eigenvalue weighted by atomic mass is 10.2. The fraction of sp³-hybridized carbons (Fsp3) is 0.292. The van der Waals surface area contributed by atoms with Gasteiger partial charge in [-0.1, -0.05) is 17.7 Å². The van der Waals surface area contributed by atoms with Crippen LogP contribution >= 0.6 is 23.7 Å². The van der Waals surface area contributed by atoms with Gasteiger partial charge in [-0.2, -0.15) is 16.5 Å². The minimum atomic E-state index is -0.423. The number of nitrogens with zero attached hydrogens (tertiary/aromatic N) is 3.